The first kappa shape index (κ1) is 10.9. The molecule has 0 spiro atoms. The minimum atomic E-state index is 0.413. The molecule has 0 aliphatic heterocycles. The second kappa shape index (κ2) is 4.90. The molecule has 2 nitrogen and oxygen atoms in total. The van der Waals surface area contributed by atoms with Gasteiger partial charge in [-0.05, 0) is 18.2 Å². The van der Waals surface area contributed by atoms with Crippen LogP contribution in [0.1, 0.15) is 5.56 Å². The van der Waals surface area contributed by atoms with E-state index >= 15 is 0 Å². The largest absolute Gasteiger partial charge is 0.379 e. The first-order valence-corrected chi connectivity index (χ1v) is 4.66. The van der Waals surface area contributed by atoms with Crippen molar-refractivity contribution in [1.29, 1.82) is 5.26 Å². The highest BCUT2D eigenvalue weighted by atomic mass is 35.5. The summed E-state index contributed by atoms with van der Waals surface area (Å²) in [5, 5.41) is 12.8. The highest BCUT2D eigenvalue weighted by Gasteiger charge is 2.01. The minimum absolute atomic E-state index is 0.413. The molecule has 0 atom stereocenters. The number of rotatable bonds is 3. The van der Waals surface area contributed by atoms with Crippen LogP contribution in [0.5, 0.6) is 0 Å². The Kier molecular flexibility index (Phi) is 3.82. The maximum Gasteiger partial charge on any atom is 0.101 e. The molecular formula is C10H8Cl2N2. The lowest BCUT2D eigenvalue weighted by Crippen LogP contribution is -2.02. The summed E-state index contributed by atoms with van der Waals surface area (Å²) in [4.78, 5) is 0. The van der Waals surface area contributed by atoms with Crippen molar-refractivity contribution in [3.8, 4) is 6.07 Å². The van der Waals surface area contributed by atoms with Crippen LogP contribution in [0.3, 0.4) is 0 Å². The third-order valence-corrected chi connectivity index (χ3v) is 1.94. The number of hydrogen-bond acceptors (Lipinski definition) is 2. The average molecular weight is 227 g/mol. The Hall–Kier alpha value is -1.17. The predicted molar refractivity (Wildman–Crippen MR) is 59.6 cm³/mol. The van der Waals surface area contributed by atoms with E-state index in [9.17, 15) is 0 Å². The van der Waals surface area contributed by atoms with E-state index in [1.54, 1.807) is 18.2 Å². The fourth-order valence-corrected chi connectivity index (χ4v) is 1.19. The van der Waals surface area contributed by atoms with Gasteiger partial charge in [-0.25, -0.2) is 0 Å². The van der Waals surface area contributed by atoms with E-state index < -0.39 is 0 Å². The van der Waals surface area contributed by atoms with Crippen LogP contribution < -0.4 is 5.32 Å². The van der Waals surface area contributed by atoms with Crippen LogP contribution in [0.4, 0.5) is 5.69 Å². The molecule has 4 heteroatoms. The zero-order chi connectivity index (χ0) is 10.6. The molecule has 0 heterocycles. The van der Waals surface area contributed by atoms with Gasteiger partial charge in [0, 0.05) is 10.1 Å². The van der Waals surface area contributed by atoms with Gasteiger partial charge in [0.05, 0.1) is 17.8 Å². The van der Waals surface area contributed by atoms with Gasteiger partial charge in [-0.15, -0.1) is 0 Å². The van der Waals surface area contributed by atoms with Gasteiger partial charge in [0.2, 0.25) is 0 Å². The standard InChI is InChI=1S/C10H8Cl2N2/c1-7(11)6-14-10-4-9(12)3-2-8(10)5-13/h2-4,14H,1,6H2. The summed E-state index contributed by atoms with van der Waals surface area (Å²) in [6.07, 6.45) is 0. The summed E-state index contributed by atoms with van der Waals surface area (Å²) in [5.41, 5.74) is 1.20. The van der Waals surface area contributed by atoms with Gasteiger partial charge in [0.1, 0.15) is 6.07 Å². The monoisotopic (exact) mass is 226 g/mol. The third-order valence-electron chi connectivity index (χ3n) is 1.57. The quantitative estimate of drug-likeness (QED) is 0.859. The Labute approximate surface area is 92.8 Å². The topological polar surface area (TPSA) is 35.8 Å². The normalized spacial score (nSPS) is 9.21. The number of nitrogens with one attached hydrogen (secondary N) is 1. The number of nitriles is 1. The smallest absolute Gasteiger partial charge is 0.101 e. The summed E-state index contributed by atoms with van der Waals surface area (Å²) < 4.78 is 0. The van der Waals surface area contributed by atoms with Crippen LogP contribution in [-0.2, 0) is 0 Å². The number of halogens is 2. The van der Waals surface area contributed by atoms with Crippen molar-refractivity contribution in [2.75, 3.05) is 11.9 Å². The lowest BCUT2D eigenvalue weighted by molar-refractivity contribution is 1.30. The number of hydrogen-bond donors (Lipinski definition) is 1. The molecule has 0 aliphatic carbocycles. The van der Waals surface area contributed by atoms with E-state index in [0.29, 0.717) is 27.9 Å². The van der Waals surface area contributed by atoms with Crippen LogP contribution in [0, 0.1) is 11.3 Å². The molecule has 1 aromatic carbocycles. The Morgan fingerprint density at radius 3 is 2.86 bits per heavy atom. The van der Waals surface area contributed by atoms with Crippen LogP contribution >= 0.6 is 23.2 Å². The molecule has 72 valence electrons. The first-order valence-electron chi connectivity index (χ1n) is 3.90. The molecule has 0 amide bonds. The van der Waals surface area contributed by atoms with Crippen molar-refractivity contribution in [3.63, 3.8) is 0 Å². The lowest BCUT2D eigenvalue weighted by atomic mass is 10.2. The van der Waals surface area contributed by atoms with Gasteiger partial charge < -0.3 is 5.32 Å². The maximum atomic E-state index is 8.79. The highest BCUT2D eigenvalue weighted by Crippen LogP contribution is 2.20. The summed E-state index contributed by atoms with van der Waals surface area (Å²) in [5.74, 6) is 0. The summed E-state index contributed by atoms with van der Waals surface area (Å²) in [6, 6.07) is 7.06. The van der Waals surface area contributed by atoms with Crippen molar-refractivity contribution in [2.45, 2.75) is 0 Å². The van der Waals surface area contributed by atoms with Crippen LogP contribution in [0.25, 0.3) is 0 Å². The van der Waals surface area contributed by atoms with Crippen molar-refractivity contribution in [3.05, 3.63) is 40.4 Å². The molecule has 0 saturated heterocycles. The van der Waals surface area contributed by atoms with Gasteiger partial charge in [0.15, 0.2) is 0 Å². The molecule has 0 fully saturated rings. The summed E-state index contributed by atoms with van der Waals surface area (Å²) in [7, 11) is 0. The fraction of sp³-hybridized carbons (Fsp3) is 0.100. The second-order valence-electron chi connectivity index (χ2n) is 2.67. The highest BCUT2D eigenvalue weighted by molar-refractivity contribution is 6.31. The predicted octanol–water partition coefficient (Wildman–Crippen LogP) is 3.38. The molecule has 0 aromatic heterocycles. The zero-order valence-corrected chi connectivity index (χ0v) is 8.86. The average Bonchev–Trinajstić information content (AvgIpc) is 2.15. The Morgan fingerprint density at radius 1 is 1.57 bits per heavy atom. The van der Waals surface area contributed by atoms with Crippen LogP contribution in [-0.4, -0.2) is 6.54 Å². The molecule has 0 saturated carbocycles. The van der Waals surface area contributed by atoms with Crippen LogP contribution in [0.15, 0.2) is 29.8 Å². The lowest BCUT2D eigenvalue weighted by Gasteiger charge is -2.06. The Bertz CT molecular complexity index is 394. The second-order valence-corrected chi connectivity index (χ2v) is 3.64. The molecule has 0 aliphatic rings. The van der Waals surface area contributed by atoms with E-state index in [-0.39, 0.29) is 0 Å². The van der Waals surface area contributed by atoms with Gasteiger partial charge in [-0.2, -0.15) is 5.26 Å². The van der Waals surface area contributed by atoms with Gasteiger partial charge in [-0.3, -0.25) is 0 Å². The van der Waals surface area contributed by atoms with E-state index in [1.165, 1.54) is 0 Å². The summed E-state index contributed by atoms with van der Waals surface area (Å²) >= 11 is 11.4. The molecule has 0 radical (unpaired) electrons. The van der Waals surface area contributed by atoms with E-state index in [2.05, 4.69) is 18.0 Å². The number of nitrogens with zero attached hydrogens (tertiary/aromatic N) is 1. The molecular weight excluding hydrogens is 219 g/mol. The molecule has 1 rings (SSSR count). The van der Waals surface area contributed by atoms with Gasteiger partial charge >= 0.3 is 0 Å². The Balaban J connectivity index is 2.89. The van der Waals surface area contributed by atoms with Gasteiger partial charge in [-0.1, -0.05) is 29.8 Å². The first-order chi connectivity index (χ1) is 6.63. The maximum absolute atomic E-state index is 8.79. The number of anilines is 1. The van der Waals surface area contributed by atoms with Crippen LogP contribution in [0.2, 0.25) is 5.02 Å². The fourth-order valence-electron chi connectivity index (χ4n) is 0.951. The Morgan fingerprint density at radius 2 is 2.29 bits per heavy atom. The summed E-state index contributed by atoms with van der Waals surface area (Å²) in [6.45, 7) is 3.95. The molecule has 0 unspecified atom stereocenters. The molecule has 1 aromatic rings. The van der Waals surface area contributed by atoms with Gasteiger partial charge in [0.25, 0.3) is 0 Å². The molecule has 1 N–H and O–H groups in total. The van der Waals surface area contributed by atoms with E-state index in [1.807, 2.05) is 0 Å². The third kappa shape index (κ3) is 2.95. The minimum Gasteiger partial charge on any atom is -0.379 e. The molecule has 14 heavy (non-hydrogen) atoms. The van der Waals surface area contributed by atoms with E-state index in [0.717, 1.165) is 0 Å². The zero-order valence-electron chi connectivity index (χ0n) is 7.35. The SMILES string of the molecule is C=C(Cl)CNc1cc(Cl)ccc1C#N. The van der Waals surface area contributed by atoms with Crippen molar-refractivity contribution < 1.29 is 0 Å². The van der Waals surface area contributed by atoms with Crippen molar-refractivity contribution in [1.82, 2.24) is 0 Å². The van der Waals surface area contributed by atoms with E-state index in [4.69, 9.17) is 28.5 Å². The van der Waals surface area contributed by atoms with Crippen molar-refractivity contribution in [2.24, 2.45) is 0 Å². The van der Waals surface area contributed by atoms with Crippen molar-refractivity contribution >= 4 is 28.9 Å². The molecule has 0 bridgehead atoms. The number of benzene rings is 1.